The van der Waals surface area contributed by atoms with Gasteiger partial charge in [0.2, 0.25) is 0 Å². The Morgan fingerprint density at radius 1 is 1.17 bits per heavy atom. The van der Waals surface area contributed by atoms with Crippen LogP contribution in [-0.2, 0) is 6.54 Å². The first-order chi connectivity index (χ1) is 14.7. The van der Waals surface area contributed by atoms with Crippen molar-refractivity contribution >= 4 is 11.9 Å². The van der Waals surface area contributed by atoms with E-state index in [9.17, 15) is 4.79 Å². The van der Waals surface area contributed by atoms with Gasteiger partial charge >= 0.3 is 0 Å². The van der Waals surface area contributed by atoms with E-state index in [0.29, 0.717) is 38.5 Å². The molecule has 0 spiro atoms. The van der Waals surface area contributed by atoms with E-state index in [4.69, 9.17) is 4.42 Å². The van der Waals surface area contributed by atoms with Crippen LogP contribution in [-0.4, -0.2) is 69.4 Å². The van der Waals surface area contributed by atoms with E-state index in [0.717, 1.165) is 23.2 Å². The van der Waals surface area contributed by atoms with Crippen molar-refractivity contribution in [2.75, 3.05) is 33.2 Å². The summed E-state index contributed by atoms with van der Waals surface area (Å²) in [5.74, 6) is 2.87. The van der Waals surface area contributed by atoms with E-state index in [-0.39, 0.29) is 5.91 Å². The summed E-state index contributed by atoms with van der Waals surface area (Å²) in [5, 5.41) is 3.39. The van der Waals surface area contributed by atoms with Crippen molar-refractivity contribution < 1.29 is 9.21 Å². The molecule has 0 aliphatic carbocycles. The van der Waals surface area contributed by atoms with Crippen LogP contribution in [0.25, 0.3) is 5.82 Å². The molecule has 1 saturated heterocycles. The molecule has 9 heteroatoms. The molecule has 4 rings (SSSR count). The molecule has 9 nitrogen and oxygen atoms in total. The molecule has 1 fully saturated rings. The van der Waals surface area contributed by atoms with Crippen molar-refractivity contribution in [3.05, 3.63) is 66.3 Å². The molecular weight excluding hydrogens is 382 g/mol. The van der Waals surface area contributed by atoms with Crippen molar-refractivity contribution in [2.45, 2.75) is 13.5 Å². The van der Waals surface area contributed by atoms with Gasteiger partial charge in [-0.15, -0.1) is 0 Å². The van der Waals surface area contributed by atoms with Gasteiger partial charge in [0.15, 0.2) is 11.7 Å². The zero-order valence-electron chi connectivity index (χ0n) is 17.2. The Balaban J connectivity index is 1.30. The van der Waals surface area contributed by atoms with Gasteiger partial charge in [0.25, 0.3) is 5.91 Å². The lowest BCUT2D eigenvalue weighted by atomic mass is 10.2. The molecule has 1 aliphatic rings. The molecule has 0 bridgehead atoms. The number of nitrogens with one attached hydrogen (secondary N) is 1. The number of imidazole rings is 1. The molecule has 1 amide bonds. The lowest BCUT2D eigenvalue weighted by Crippen LogP contribution is -2.53. The zero-order chi connectivity index (χ0) is 20.9. The van der Waals surface area contributed by atoms with E-state index in [1.807, 2.05) is 40.9 Å². The number of nitrogens with zero attached hydrogens (tertiary/aromatic N) is 6. The van der Waals surface area contributed by atoms with Crippen molar-refractivity contribution in [2.24, 2.45) is 4.99 Å². The third-order valence-electron chi connectivity index (χ3n) is 5.14. The molecule has 0 unspecified atom stereocenters. The Hall–Kier alpha value is -3.62. The summed E-state index contributed by atoms with van der Waals surface area (Å²) in [7, 11) is 1.77. The SMILES string of the molecule is CN=C(NCc1ccc(-n2ccnc2C)nc1)N1CCN(C(=O)c2ccco2)CC1. The van der Waals surface area contributed by atoms with E-state index in [1.54, 1.807) is 25.4 Å². The summed E-state index contributed by atoms with van der Waals surface area (Å²) in [6.07, 6.45) is 7.04. The van der Waals surface area contributed by atoms with Crippen LogP contribution >= 0.6 is 0 Å². The second kappa shape index (κ2) is 8.81. The highest BCUT2D eigenvalue weighted by atomic mass is 16.3. The Bertz CT molecular complexity index is 1000. The first-order valence-electron chi connectivity index (χ1n) is 9.89. The van der Waals surface area contributed by atoms with Gasteiger partial charge in [0, 0.05) is 58.4 Å². The largest absolute Gasteiger partial charge is 0.459 e. The minimum Gasteiger partial charge on any atom is -0.459 e. The van der Waals surface area contributed by atoms with Gasteiger partial charge in [0.1, 0.15) is 11.6 Å². The predicted octanol–water partition coefficient (Wildman–Crippen LogP) is 1.70. The summed E-state index contributed by atoms with van der Waals surface area (Å²) in [6, 6.07) is 7.45. The summed E-state index contributed by atoms with van der Waals surface area (Å²) < 4.78 is 7.16. The molecule has 1 aliphatic heterocycles. The number of hydrogen-bond donors (Lipinski definition) is 1. The number of pyridine rings is 1. The van der Waals surface area contributed by atoms with E-state index < -0.39 is 0 Å². The second-order valence-electron chi connectivity index (χ2n) is 7.03. The van der Waals surface area contributed by atoms with Crippen molar-refractivity contribution in [1.29, 1.82) is 0 Å². The average Bonchev–Trinajstić information content (AvgIpc) is 3.47. The predicted molar refractivity (Wildman–Crippen MR) is 112 cm³/mol. The van der Waals surface area contributed by atoms with Crippen LogP contribution in [0.4, 0.5) is 0 Å². The topological polar surface area (TPSA) is 91.8 Å². The molecule has 3 aromatic rings. The van der Waals surface area contributed by atoms with E-state index in [2.05, 4.69) is 25.2 Å². The van der Waals surface area contributed by atoms with Crippen LogP contribution in [0.15, 0.2) is 58.5 Å². The van der Waals surface area contributed by atoms with Gasteiger partial charge in [-0.2, -0.15) is 0 Å². The molecular formula is C21H25N7O2. The van der Waals surface area contributed by atoms with Crippen LogP contribution in [0.2, 0.25) is 0 Å². The number of hydrogen-bond acceptors (Lipinski definition) is 5. The summed E-state index contributed by atoms with van der Waals surface area (Å²) >= 11 is 0. The fourth-order valence-electron chi connectivity index (χ4n) is 3.47. The van der Waals surface area contributed by atoms with Crippen LogP contribution in [0.3, 0.4) is 0 Å². The fourth-order valence-corrected chi connectivity index (χ4v) is 3.47. The van der Waals surface area contributed by atoms with Gasteiger partial charge in [-0.3, -0.25) is 14.4 Å². The molecule has 30 heavy (non-hydrogen) atoms. The standard InChI is InChI=1S/C21H25N7O2/c1-16-23-7-8-28(16)19-6-5-17(14-24-19)15-25-21(22-2)27-11-9-26(10-12-27)20(29)18-4-3-13-30-18/h3-8,13-14H,9-12,15H2,1-2H3,(H,22,25). The smallest absolute Gasteiger partial charge is 0.289 e. The molecule has 0 saturated carbocycles. The molecule has 3 aromatic heterocycles. The van der Waals surface area contributed by atoms with E-state index >= 15 is 0 Å². The average molecular weight is 407 g/mol. The first kappa shape index (κ1) is 19.7. The normalized spacial score (nSPS) is 14.8. The Kier molecular flexibility index (Phi) is 5.78. The number of aromatic nitrogens is 3. The monoisotopic (exact) mass is 407 g/mol. The first-order valence-corrected chi connectivity index (χ1v) is 9.89. The third kappa shape index (κ3) is 4.19. The number of rotatable bonds is 4. The van der Waals surface area contributed by atoms with Crippen LogP contribution < -0.4 is 5.32 Å². The quantitative estimate of drug-likeness (QED) is 0.523. The summed E-state index contributed by atoms with van der Waals surface area (Å²) in [5.41, 5.74) is 1.06. The third-order valence-corrected chi connectivity index (χ3v) is 5.14. The lowest BCUT2D eigenvalue weighted by molar-refractivity contribution is 0.0657. The van der Waals surface area contributed by atoms with Gasteiger partial charge < -0.3 is 19.5 Å². The zero-order valence-corrected chi connectivity index (χ0v) is 17.2. The molecule has 0 aromatic carbocycles. The molecule has 0 atom stereocenters. The molecule has 1 N–H and O–H groups in total. The maximum atomic E-state index is 12.4. The van der Waals surface area contributed by atoms with Crippen LogP contribution in [0.5, 0.6) is 0 Å². The molecule has 156 valence electrons. The number of aryl methyl sites for hydroxylation is 1. The van der Waals surface area contributed by atoms with Gasteiger partial charge in [-0.05, 0) is 30.7 Å². The van der Waals surface area contributed by atoms with Crippen molar-refractivity contribution in [3.63, 3.8) is 0 Å². The van der Waals surface area contributed by atoms with Crippen LogP contribution in [0, 0.1) is 6.92 Å². The highest BCUT2D eigenvalue weighted by Gasteiger charge is 2.25. The van der Waals surface area contributed by atoms with Crippen molar-refractivity contribution in [3.8, 4) is 5.82 Å². The summed E-state index contributed by atoms with van der Waals surface area (Å²) in [6.45, 7) is 5.24. The van der Waals surface area contributed by atoms with Crippen LogP contribution in [0.1, 0.15) is 21.9 Å². The summed E-state index contributed by atoms with van der Waals surface area (Å²) in [4.78, 5) is 29.5. The number of piperazine rings is 1. The number of amides is 1. The number of carbonyl (C=O) groups excluding carboxylic acids is 1. The minimum absolute atomic E-state index is 0.0677. The molecule has 4 heterocycles. The Labute approximate surface area is 175 Å². The fraction of sp³-hybridized carbons (Fsp3) is 0.333. The number of guanidine groups is 1. The van der Waals surface area contributed by atoms with Crippen molar-refractivity contribution in [1.82, 2.24) is 29.7 Å². The maximum Gasteiger partial charge on any atom is 0.289 e. The highest BCUT2D eigenvalue weighted by Crippen LogP contribution is 2.11. The lowest BCUT2D eigenvalue weighted by Gasteiger charge is -2.36. The number of aliphatic imine (C=N–C) groups is 1. The van der Waals surface area contributed by atoms with Gasteiger partial charge in [-0.1, -0.05) is 6.07 Å². The molecule has 0 radical (unpaired) electrons. The number of furan rings is 1. The minimum atomic E-state index is -0.0677. The Morgan fingerprint density at radius 2 is 1.97 bits per heavy atom. The van der Waals surface area contributed by atoms with Gasteiger partial charge in [0.05, 0.1) is 6.26 Å². The number of carbonyl (C=O) groups is 1. The van der Waals surface area contributed by atoms with E-state index in [1.165, 1.54) is 6.26 Å². The highest BCUT2D eigenvalue weighted by molar-refractivity contribution is 5.91. The Morgan fingerprint density at radius 3 is 2.57 bits per heavy atom. The maximum absolute atomic E-state index is 12.4. The van der Waals surface area contributed by atoms with Gasteiger partial charge in [-0.25, -0.2) is 9.97 Å². The second-order valence-corrected chi connectivity index (χ2v) is 7.03.